The number of hydrogen-bond acceptors (Lipinski definition) is 5. The molecule has 5 nitrogen and oxygen atoms in total. The molecule has 0 aliphatic heterocycles. The number of Topliss-reactive ketones (excluding diaryl/α,β-unsaturated/α-hetero) is 1. The Bertz CT molecular complexity index is 432. The minimum Gasteiger partial charge on any atom is -0.549 e. The van der Waals surface area contributed by atoms with Gasteiger partial charge < -0.3 is 9.90 Å². The number of unbranched alkanes of at least 4 members (excludes halogenated alkanes) is 15. The van der Waals surface area contributed by atoms with Crippen molar-refractivity contribution in [3.63, 3.8) is 0 Å². The minimum absolute atomic E-state index is 0.245. The third-order valence-electron chi connectivity index (χ3n) is 5.78. The second kappa shape index (κ2) is 27.2. The zero-order valence-corrected chi connectivity index (χ0v) is 24.5. The number of aliphatic carboxylic acids is 1. The fraction of sp³-hybridized carbons (Fsp3) is 0.929. The topological polar surface area (TPSA) is 75.7 Å². The Balaban J connectivity index is 0. The maximum atomic E-state index is 11.2. The molecule has 0 heterocycles. The van der Waals surface area contributed by atoms with E-state index >= 15 is 0 Å². The van der Waals surface area contributed by atoms with Gasteiger partial charge in [-0.1, -0.05) is 110 Å². The zero-order chi connectivity index (χ0) is 26.0. The Kier molecular flexibility index (Phi) is 28.6. The smallest absolute Gasteiger partial charge is 0.138 e. The maximum absolute atomic E-state index is 11.2. The molecule has 0 radical (unpaired) electrons. The Hall–Kier alpha value is -0.408. The average Bonchev–Trinajstić information content (AvgIpc) is 2.75. The molecule has 0 bridgehead atoms. The molecule has 0 saturated carbocycles. The van der Waals surface area contributed by atoms with E-state index in [0.29, 0.717) is 18.6 Å². The molecule has 6 heteroatoms. The van der Waals surface area contributed by atoms with E-state index in [0.717, 1.165) is 19.3 Å². The van der Waals surface area contributed by atoms with Crippen molar-refractivity contribution in [2.24, 2.45) is 5.92 Å². The van der Waals surface area contributed by atoms with Gasteiger partial charge in [0.05, 0.1) is 11.9 Å². The van der Waals surface area contributed by atoms with Crippen molar-refractivity contribution in [1.29, 1.82) is 0 Å². The average molecular weight is 499 g/mol. The molecule has 0 aliphatic carbocycles. The van der Waals surface area contributed by atoms with Gasteiger partial charge in [0.25, 0.3) is 0 Å². The summed E-state index contributed by atoms with van der Waals surface area (Å²) in [5.74, 6) is -2.39. The quantitative estimate of drug-likeness (QED) is 0.0864. The van der Waals surface area contributed by atoms with E-state index in [-0.39, 0.29) is 21.7 Å². The standard InChI is InChI=1S/C22H42O3.2C3H7O.Al/c1-3-4-5-6-7-8-9-10-11-12-13-14-15-16-17-18-19-21(20(2)23)22(24)25;2*1-3(2)4;/h21H,3-19H2,1-2H3,(H,24,25);2*3H,1-2H3;/q;2*-1;+3/p-1. The van der Waals surface area contributed by atoms with Crippen LogP contribution in [0.25, 0.3) is 0 Å². The van der Waals surface area contributed by atoms with Gasteiger partial charge in [-0.25, -0.2) is 0 Å². The molecule has 1 atom stereocenters. The van der Waals surface area contributed by atoms with E-state index in [1.807, 2.05) is 27.7 Å². The van der Waals surface area contributed by atoms with Crippen molar-refractivity contribution in [2.45, 2.75) is 163 Å². The Morgan fingerprint density at radius 1 is 0.647 bits per heavy atom. The van der Waals surface area contributed by atoms with E-state index in [9.17, 15) is 14.7 Å². The number of hydrogen-bond donors (Lipinski definition) is 0. The zero-order valence-electron chi connectivity index (χ0n) is 23.4. The van der Waals surface area contributed by atoms with Crippen molar-refractivity contribution in [3.8, 4) is 0 Å². The third kappa shape index (κ3) is 29.6. The van der Waals surface area contributed by atoms with Crippen molar-refractivity contribution < 1.29 is 22.3 Å². The van der Waals surface area contributed by atoms with Gasteiger partial charge in [0.1, 0.15) is 5.78 Å². The number of ketones is 1. The van der Waals surface area contributed by atoms with Crippen LogP contribution in [0.2, 0.25) is 0 Å². The molecule has 0 aromatic carbocycles. The normalized spacial score (nSPS) is 11.8. The van der Waals surface area contributed by atoms with Crippen LogP contribution in [-0.2, 0) is 17.2 Å². The summed E-state index contributed by atoms with van der Waals surface area (Å²) in [6, 6.07) is 0. The first-order chi connectivity index (χ1) is 16.2. The molecule has 0 amide bonds. The predicted octanol–water partition coefficient (Wildman–Crippen LogP) is 6.96. The van der Waals surface area contributed by atoms with Gasteiger partial charge in [0.15, 0.2) is 0 Å². The van der Waals surface area contributed by atoms with Crippen LogP contribution < -0.4 is 5.11 Å². The predicted molar refractivity (Wildman–Crippen MR) is 142 cm³/mol. The molecule has 0 spiro atoms. The summed E-state index contributed by atoms with van der Waals surface area (Å²) < 4.78 is 10.4. The summed E-state index contributed by atoms with van der Waals surface area (Å²) in [7, 11) is 0. The first-order valence-corrected chi connectivity index (χ1v) is 15.0. The summed E-state index contributed by atoms with van der Waals surface area (Å²) in [6.07, 6.45) is 21.8. The van der Waals surface area contributed by atoms with Gasteiger partial charge in [0.2, 0.25) is 0 Å². The summed E-state index contributed by atoms with van der Waals surface area (Å²) in [6.45, 7) is 11.6. The molecule has 0 rings (SSSR count). The Labute approximate surface area is 218 Å². The number of carbonyl (C=O) groups is 2. The molecule has 0 saturated heterocycles. The van der Waals surface area contributed by atoms with Gasteiger partial charge >= 0.3 is 63.4 Å². The van der Waals surface area contributed by atoms with Crippen LogP contribution in [0.3, 0.4) is 0 Å². The van der Waals surface area contributed by atoms with Crippen molar-refractivity contribution in [2.75, 3.05) is 0 Å². The second-order valence-corrected chi connectivity index (χ2v) is 10.8. The Morgan fingerprint density at radius 3 is 1.24 bits per heavy atom. The summed E-state index contributed by atoms with van der Waals surface area (Å²) in [4.78, 5) is 22.0. The number of carbonyl (C=O) groups excluding carboxylic acids is 2. The van der Waals surface area contributed by atoms with Crippen molar-refractivity contribution >= 4 is 27.6 Å². The summed E-state index contributed by atoms with van der Waals surface area (Å²) in [5, 5.41) is 10.8. The summed E-state index contributed by atoms with van der Waals surface area (Å²) >= 11 is -0.245. The molecule has 0 N–H and O–H groups in total. The van der Waals surface area contributed by atoms with Gasteiger partial charge in [-0.2, -0.15) is 0 Å². The molecule has 1 unspecified atom stereocenters. The number of rotatable bonds is 23. The number of carboxylic acid groups (broad SMARTS) is 1. The van der Waals surface area contributed by atoms with Gasteiger partial charge in [-0.05, 0) is 13.3 Å². The van der Waals surface area contributed by atoms with Crippen LogP contribution in [0, 0.1) is 5.92 Å². The fourth-order valence-electron chi connectivity index (χ4n) is 3.64. The van der Waals surface area contributed by atoms with E-state index in [2.05, 4.69) is 6.92 Å². The van der Waals surface area contributed by atoms with Crippen LogP contribution in [0.15, 0.2) is 0 Å². The Morgan fingerprint density at radius 2 is 0.971 bits per heavy atom. The van der Waals surface area contributed by atoms with Crippen LogP contribution in [0.1, 0.15) is 151 Å². The third-order valence-corrected chi connectivity index (χ3v) is 7.09. The maximum Gasteiger partial charge on any atom is 0.138 e. The van der Waals surface area contributed by atoms with E-state index < -0.39 is 11.9 Å². The van der Waals surface area contributed by atoms with E-state index in [4.69, 9.17) is 7.58 Å². The molecular formula is C28H55AlO5. The van der Waals surface area contributed by atoms with Gasteiger partial charge in [-0.15, -0.1) is 0 Å². The molecule has 0 fully saturated rings. The van der Waals surface area contributed by atoms with Crippen LogP contribution in [0.5, 0.6) is 0 Å². The van der Waals surface area contributed by atoms with Crippen LogP contribution in [0.4, 0.5) is 0 Å². The molecular weight excluding hydrogens is 443 g/mol. The van der Waals surface area contributed by atoms with Crippen molar-refractivity contribution in [3.05, 3.63) is 0 Å². The molecule has 0 aliphatic rings. The first-order valence-electron chi connectivity index (χ1n) is 14.1. The van der Waals surface area contributed by atoms with E-state index in [1.54, 1.807) is 0 Å². The SMILES string of the molecule is CC(C)[O][Al+][O]C(C)C.CCCCCCCCCCCCCCCCCCC(C(C)=O)C(=O)[O-]. The molecule has 0 aromatic rings. The largest absolute Gasteiger partial charge is 0.549 e. The van der Waals surface area contributed by atoms with Gasteiger partial charge in [-0.3, -0.25) is 4.79 Å². The minimum atomic E-state index is -1.21. The van der Waals surface area contributed by atoms with Crippen LogP contribution in [-0.4, -0.2) is 39.8 Å². The number of carboxylic acids is 1. The fourth-order valence-corrected chi connectivity index (χ4v) is 4.15. The first kappa shape index (κ1) is 35.8. The van der Waals surface area contributed by atoms with Crippen molar-refractivity contribution in [1.82, 2.24) is 0 Å². The van der Waals surface area contributed by atoms with Crippen LogP contribution >= 0.6 is 0 Å². The van der Waals surface area contributed by atoms with Gasteiger partial charge in [0, 0.05) is 0 Å². The monoisotopic (exact) mass is 498 g/mol. The second-order valence-electron chi connectivity index (χ2n) is 10.0. The molecule has 0 aromatic heterocycles. The molecule has 34 heavy (non-hydrogen) atoms. The summed E-state index contributed by atoms with van der Waals surface area (Å²) in [5.41, 5.74) is 0. The molecule has 200 valence electrons. The van der Waals surface area contributed by atoms with E-state index in [1.165, 1.54) is 90.4 Å².